The van der Waals surface area contributed by atoms with Crippen LogP contribution in [0.3, 0.4) is 0 Å². The molecule has 1 aliphatic heterocycles. The fourth-order valence-electron chi connectivity index (χ4n) is 3.47. The van der Waals surface area contributed by atoms with Gasteiger partial charge in [0.15, 0.2) is 11.5 Å². The molecule has 4 rings (SSSR count). The Balaban J connectivity index is 1.53. The summed E-state index contributed by atoms with van der Waals surface area (Å²) in [6.45, 7) is 2.85. The maximum absolute atomic E-state index is 13.0. The lowest BCUT2D eigenvalue weighted by Crippen LogP contribution is -2.27. The van der Waals surface area contributed by atoms with Crippen LogP contribution in [0.2, 0.25) is 5.02 Å². The lowest BCUT2D eigenvalue weighted by molar-refractivity contribution is -0.122. The van der Waals surface area contributed by atoms with Crippen LogP contribution in [0, 0.1) is 6.92 Å². The Morgan fingerprint density at radius 3 is 2.55 bits per heavy atom. The molecule has 1 heterocycles. The number of benzene rings is 3. The average molecular weight is 496 g/mol. The molecule has 0 radical (unpaired) electrons. The molecule has 0 atom stereocenters. The molecule has 0 N–H and O–H groups in total. The molecule has 33 heavy (non-hydrogen) atoms. The van der Waals surface area contributed by atoms with E-state index in [1.807, 2.05) is 55.5 Å². The van der Waals surface area contributed by atoms with Crippen molar-refractivity contribution in [3.63, 3.8) is 0 Å². The SMILES string of the molecule is COc1cc(C=C2SC(=S)N(Cc3ccccc3)C2=O)cc(Cl)c1OCc1cccc(C)c1. The van der Waals surface area contributed by atoms with E-state index in [1.54, 1.807) is 30.2 Å². The normalized spacial score (nSPS) is 14.8. The van der Waals surface area contributed by atoms with Crippen molar-refractivity contribution >= 4 is 51.9 Å². The molecular formula is C26H22ClNO3S2. The summed E-state index contributed by atoms with van der Waals surface area (Å²) in [5.74, 6) is 0.847. The topological polar surface area (TPSA) is 38.8 Å². The van der Waals surface area contributed by atoms with Crippen molar-refractivity contribution in [2.45, 2.75) is 20.1 Å². The van der Waals surface area contributed by atoms with Gasteiger partial charge in [0.25, 0.3) is 5.91 Å². The molecule has 1 amide bonds. The Morgan fingerprint density at radius 1 is 1.06 bits per heavy atom. The Morgan fingerprint density at radius 2 is 1.82 bits per heavy atom. The van der Waals surface area contributed by atoms with Crippen LogP contribution in [0.1, 0.15) is 22.3 Å². The number of rotatable bonds is 7. The Kier molecular flexibility index (Phi) is 7.38. The van der Waals surface area contributed by atoms with Crippen molar-refractivity contribution in [3.8, 4) is 11.5 Å². The molecule has 0 unspecified atom stereocenters. The van der Waals surface area contributed by atoms with Crippen molar-refractivity contribution in [2.24, 2.45) is 0 Å². The lowest BCUT2D eigenvalue weighted by Gasteiger charge is -2.14. The third-order valence-corrected chi connectivity index (χ3v) is 6.73. The second-order valence-corrected chi connectivity index (χ2v) is 9.65. The third kappa shape index (κ3) is 5.58. The summed E-state index contributed by atoms with van der Waals surface area (Å²) in [6, 6.07) is 21.4. The molecule has 3 aromatic rings. The van der Waals surface area contributed by atoms with Gasteiger partial charge in [-0.1, -0.05) is 95.7 Å². The van der Waals surface area contributed by atoms with Gasteiger partial charge in [0.2, 0.25) is 0 Å². The van der Waals surface area contributed by atoms with Crippen LogP contribution < -0.4 is 9.47 Å². The van der Waals surface area contributed by atoms with Crippen molar-refractivity contribution in [1.29, 1.82) is 0 Å². The first kappa shape index (κ1) is 23.4. The van der Waals surface area contributed by atoms with Gasteiger partial charge in [-0.05, 0) is 41.8 Å². The molecule has 7 heteroatoms. The Labute approximate surface area is 208 Å². The Bertz CT molecular complexity index is 1230. The van der Waals surface area contributed by atoms with Crippen LogP contribution in [0.15, 0.2) is 71.6 Å². The average Bonchev–Trinajstić information content (AvgIpc) is 3.06. The molecule has 4 nitrogen and oxygen atoms in total. The zero-order chi connectivity index (χ0) is 23.4. The number of hydrogen-bond acceptors (Lipinski definition) is 5. The summed E-state index contributed by atoms with van der Waals surface area (Å²) in [5.41, 5.74) is 3.96. The first-order chi connectivity index (χ1) is 15.9. The van der Waals surface area contributed by atoms with E-state index < -0.39 is 0 Å². The molecule has 168 valence electrons. The molecule has 0 aromatic heterocycles. The number of methoxy groups -OCH3 is 1. The summed E-state index contributed by atoms with van der Waals surface area (Å²) in [4.78, 5) is 15.1. The minimum Gasteiger partial charge on any atom is -0.493 e. The predicted octanol–water partition coefficient (Wildman–Crippen LogP) is 6.64. The molecular weight excluding hydrogens is 474 g/mol. The zero-order valence-corrected chi connectivity index (χ0v) is 20.6. The number of nitrogens with zero attached hydrogens (tertiary/aromatic N) is 1. The Hall–Kier alpha value is -2.80. The molecule has 0 spiro atoms. The van der Waals surface area contributed by atoms with Crippen molar-refractivity contribution < 1.29 is 14.3 Å². The maximum Gasteiger partial charge on any atom is 0.266 e. The van der Waals surface area contributed by atoms with E-state index in [1.165, 1.54) is 11.8 Å². The van der Waals surface area contributed by atoms with E-state index in [2.05, 4.69) is 6.07 Å². The molecule has 1 fully saturated rings. The molecule has 0 saturated carbocycles. The second kappa shape index (κ2) is 10.4. The number of halogens is 1. The fourth-order valence-corrected chi connectivity index (χ4v) is 5.00. The van der Waals surface area contributed by atoms with Gasteiger partial charge < -0.3 is 9.47 Å². The summed E-state index contributed by atoms with van der Waals surface area (Å²) in [6.07, 6.45) is 1.78. The highest BCUT2D eigenvalue weighted by molar-refractivity contribution is 8.26. The van der Waals surface area contributed by atoms with Crippen molar-refractivity contribution in [1.82, 2.24) is 4.90 Å². The van der Waals surface area contributed by atoms with Gasteiger partial charge >= 0.3 is 0 Å². The summed E-state index contributed by atoms with van der Waals surface area (Å²) in [5, 5.41) is 0.410. The first-order valence-corrected chi connectivity index (χ1v) is 11.9. The zero-order valence-electron chi connectivity index (χ0n) is 18.2. The number of hydrogen-bond donors (Lipinski definition) is 0. The summed E-state index contributed by atoms with van der Waals surface area (Å²) >= 11 is 13.3. The highest BCUT2D eigenvalue weighted by atomic mass is 35.5. The van der Waals surface area contributed by atoms with Crippen LogP contribution >= 0.6 is 35.6 Å². The summed E-state index contributed by atoms with van der Waals surface area (Å²) in [7, 11) is 1.56. The number of carbonyl (C=O) groups is 1. The van der Waals surface area contributed by atoms with Crippen LogP contribution in [-0.4, -0.2) is 22.2 Å². The van der Waals surface area contributed by atoms with Gasteiger partial charge in [-0.3, -0.25) is 9.69 Å². The van der Waals surface area contributed by atoms with Crippen LogP contribution in [0.4, 0.5) is 0 Å². The largest absolute Gasteiger partial charge is 0.493 e. The monoisotopic (exact) mass is 495 g/mol. The van der Waals surface area contributed by atoms with E-state index in [9.17, 15) is 4.79 Å². The number of thioether (sulfide) groups is 1. The van der Waals surface area contributed by atoms with Gasteiger partial charge in [0.05, 0.1) is 23.6 Å². The van der Waals surface area contributed by atoms with E-state index >= 15 is 0 Å². The van der Waals surface area contributed by atoms with Gasteiger partial charge in [-0.15, -0.1) is 0 Å². The second-order valence-electron chi connectivity index (χ2n) is 7.57. The molecule has 0 aliphatic carbocycles. The molecule has 0 bridgehead atoms. The van der Waals surface area contributed by atoms with E-state index in [-0.39, 0.29) is 5.91 Å². The number of ether oxygens (including phenoxy) is 2. The first-order valence-electron chi connectivity index (χ1n) is 10.3. The predicted molar refractivity (Wildman–Crippen MR) is 139 cm³/mol. The van der Waals surface area contributed by atoms with Crippen LogP contribution in [0.25, 0.3) is 6.08 Å². The minimum atomic E-state index is -0.122. The number of aryl methyl sites for hydroxylation is 1. The van der Waals surface area contributed by atoms with Gasteiger partial charge in [0, 0.05) is 0 Å². The minimum absolute atomic E-state index is 0.122. The smallest absolute Gasteiger partial charge is 0.266 e. The van der Waals surface area contributed by atoms with Crippen LogP contribution in [0.5, 0.6) is 11.5 Å². The van der Waals surface area contributed by atoms with E-state index in [0.717, 1.165) is 22.3 Å². The molecule has 1 saturated heterocycles. The van der Waals surface area contributed by atoms with Crippen molar-refractivity contribution in [3.05, 3.63) is 98.9 Å². The van der Waals surface area contributed by atoms with Gasteiger partial charge in [-0.2, -0.15) is 0 Å². The maximum atomic E-state index is 13.0. The fraction of sp³-hybridized carbons (Fsp3) is 0.154. The van der Waals surface area contributed by atoms with Gasteiger partial charge in [0.1, 0.15) is 10.9 Å². The number of carbonyl (C=O) groups excluding carboxylic acids is 1. The standard InChI is InChI=1S/C26H22ClNO3S2/c1-17-7-6-10-19(11-17)16-31-24-21(27)12-20(13-22(24)30-2)14-23-25(29)28(26(32)33-23)15-18-8-4-3-5-9-18/h3-14H,15-16H2,1-2H3. The van der Waals surface area contributed by atoms with E-state index in [4.69, 9.17) is 33.3 Å². The molecule has 1 aliphatic rings. The lowest BCUT2D eigenvalue weighted by atomic mass is 10.1. The molecule has 3 aromatic carbocycles. The number of thiocarbonyl (C=S) groups is 1. The quantitative estimate of drug-likeness (QED) is 0.271. The summed E-state index contributed by atoms with van der Waals surface area (Å²) < 4.78 is 12.0. The van der Waals surface area contributed by atoms with E-state index in [0.29, 0.717) is 38.9 Å². The third-order valence-electron chi connectivity index (χ3n) is 5.07. The van der Waals surface area contributed by atoms with Gasteiger partial charge in [-0.25, -0.2) is 0 Å². The van der Waals surface area contributed by atoms with Crippen molar-refractivity contribution in [2.75, 3.05) is 7.11 Å². The highest BCUT2D eigenvalue weighted by Crippen LogP contribution is 2.39. The van der Waals surface area contributed by atoms with Crippen LogP contribution in [-0.2, 0) is 17.9 Å². The highest BCUT2D eigenvalue weighted by Gasteiger charge is 2.32. The number of amides is 1.